The highest BCUT2D eigenvalue weighted by atomic mass is 16.6. The number of hydrogen-bond donors (Lipinski definition) is 3. The summed E-state index contributed by atoms with van der Waals surface area (Å²) in [4.78, 5) is 61.3. The highest BCUT2D eigenvalue weighted by Gasteiger charge is 2.42. The first kappa shape index (κ1) is 23.8. The maximum Gasteiger partial charge on any atom is 0.417 e. The molecule has 4 amide bonds. The monoisotopic (exact) mass is 433 g/mol. The highest BCUT2D eigenvalue weighted by molar-refractivity contribution is 6.01. The number of hydrogen-bond acceptors (Lipinski definition) is 6. The lowest BCUT2D eigenvalue weighted by atomic mass is 10.0. The normalized spacial score (nSPS) is 16.7. The fourth-order valence-electron chi connectivity index (χ4n) is 3.21. The lowest BCUT2D eigenvalue weighted by Crippen LogP contribution is -2.54. The van der Waals surface area contributed by atoms with Crippen molar-refractivity contribution in [3.05, 3.63) is 35.9 Å². The Bertz CT molecular complexity index is 826. The molecule has 2 rings (SSSR count). The molecule has 0 saturated carbocycles. The molecule has 1 fully saturated rings. The second-order valence-corrected chi connectivity index (χ2v) is 7.66. The summed E-state index contributed by atoms with van der Waals surface area (Å²) in [6.45, 7) is 3.06. The van der Waals surface area contributed by atoms with Crippen LogP contribution in [0.25, 0.3) is 0 Å². The first-order valence-corrected chi connectivity index (χ1v) is 10.0. The quantitative estimate of drug-likeness (QED) is 0.528. The molecule has 1 heterocycles. The Labute approximate surface area is 179 Å². The lowest BCUT2D eigenvalue weighted by Gasteiger charge is -2.25. The van der Waals surface area contributed by atoms with E-state index in [1.807, 2.05) is 19.9 Å². The number of nitrogens with one attached hydrogen (secondary N) is 2. The lowest BCUT2D eigenvalue weighted by molar-refractivity contribution is -0.139. The summed E-state index contributed by atoms with van der Waals surface area (Å²) < 4.78 is 5.19. The summed E-state index contributed by atoms with van der Waals surface area (Å²) >= 11 is 0. The molecule has 1 aromatic carbocycles. The number of benzene rings is 1. The molecule has 168 valence electrons. The number of likely N-dealkylation sites (tertiary alicyclic amines) is 1. The molecule has 1 aliphatic heterocycles. The third-order valence-corrected chi connectivity index (χ3v) is 4.67. The Hall–Kier alpha value is -3.43. The van der Waals surface area contributed by atoms with Crippen molar-refractivity contribution in [3.8, 4) is 0 Å². The van der Waals surface area contributed by atoms with Crippen molar-refractivity contribution in [2.75, 3.05) is 6.54 Å². The molecule has 0 radical (unpaired) electrons. The summed E-state index contributed by atoms with van der Waals surface area (Å²) in [6, 6.07) is 6.80. The zero-order valence-corrected chi connectivity index (χ0v) is 17.5. The molecule has 10 heteroatoms. The smallest absolute Gasteiger partial charge is 0.417 e. The van der Waals surface area contributed by atoms with Crippen LogP contribution in [-0.2, 0) is 30.5 Å². The molecule has 2 atom stereocenters. The maximum atomic E-state index is 12.8. The Kier molecular flexibility index (Phi) is 8.53. The number of amides is 4. The van der Waals surface area contributed by atoms with E-state index in [-0.39, 0.29) is 31.8 Å². The van der Waals surface area contributed by atoms with Crippen molar-refractivity contribution < 1.29 is 33.8 Å². The Morgan fingerprint density at radius 2 is 1.87 bits per heavy atom. The van der Waals surface area contributed by atoms with Gasteiger partial charge in [-0.25, -0.2) is 9.69 Å². The molecule has 0 spiro atoms. The number of carbonyl (C=O) groups is 5. The number of carboxylic acids is 1. The second-order valence-electron chi connectivity index (χ2n) is 7.66. The third kappa shape index (κ3) is 7.09. The predicted octanol–water partition coefficient (Wildman–Crippen LogP) is 1.05. The van der Waals surface area contributed by atoms with Crippen LogP contribution in [0.1, 0.15) is 38.7 Å². The minimum atomic E-state index is -1.21. The molecule has 1 aromatic rings. The van der Waals surface area contributed by atoms with Gasteiger partial charge in [-0.2, -0.15) is 0 Å². The zero-order valence-electron chi connectivity index (χ0n) is 17.5. The van der Waals surface area contributed by atoms with Gasteiger partial charge in [0.15, 0.2) is 0 Å². The summed E-state index contributed by atoms with van der Waals surface area (Å²) in [7, 11) is 0. The minimum absolute atomic E-state index is 0.00141. The average molecular weight is 433 g/mol. The molecular weight excluding hydrogens is 406 g/mol. The van der Waals surface area contributed by atoms with Gasteiger partial charge in [0.05, 0.1) is 0 Å². The maximum absolute atomic E-state index is 12.8. The molecule has 1 aliphatic rings. The topological polar surface area (TPSA) is 142 Å². The van der Waals surface area contributed by atoms with E-state index in [4.69, 9.17) is 9.84 Å². The molecular formula is C21H27N3O7. The van der Waals surface area contributed by atoms with Crippen LogP contribution in [0, 0.1) is 5.92 Å². The number of rotatable bonds is 9. The van der Waals surface area contributed by atoms with Gasteiger partial charge in [-0.1, -0.05) is 44.2 Å². The fraction of sp³-hybridized carbons (Fsp3) is 0.476. The molecule has 0 aromatic heterocycles. The van der Waals surface area contributed by atoms with Crippen LogP contribution in [0.5, 0.6) is 0 Å². The van der Waals surface area contributed by atoms with E-state index < -0.39 is 48.4 Å². The number of aliphatic carboxylic acids is 1. The van der Waals surface area contributed by atoms with Crippen LogP contribution < -0.4 is 10.6 Å². The van der Waals surface area contributed by atoms with Crippen molar-refractivity contribution in [1.82, 2.24) is 15.5 Å². The van der Waals surface area contributed by atoms with Gasteiger partial charge in [-0.3, -0.25) is 19.2 Å². The van der Waals surface area contributed by atoms with Crippen molar-refractivity contribution in [3.63, 3.8) is 0 Å². The van der Waals surface area contributed by atoms with E-state index in [0.29, 0.717) is 0 Å². The van der Waals surface area contributed by atoms with Crippen molar-refractivity contribution in [1.29, 1.82) is 0 Å². The van der Waals surface area contributed by atoms with Gasteiger partial charge < -0.3 is 20.5 Å². The van der Waals surface area contributed by atoms with Gasteiger partial charge >= 0.3 is 12.1 Å². The van der Waals surface area contributed by atoms with Crippen LogP contribution in [0.4, 0.5) is 4.79 Å². The molecule has 31 heavy (non-hydrogen) atoms. The van der Waals surface area contributed by atoms with Gasteiger partial charge in [-0.15, -0.1) is 0 Å². The van der Waals surface area contributed by atoms with Gasteiger partial charge in [0.25, 0.3) is 0 Å². The second kappa shape index (κ2) is 11.1. The SMILES string of the molecule is CC(C)C[C@@H](NC(=O)C1CCC(=O)N1C(=O)OCc1ccccc1)C(=O)NCC(=O)O. The fourth-order valence-corrected chi connectivity index (χ4v) is 3.21. The number of imide groups is 1. The van der Waals surface area contributed by atoms with Crippen LogP contribution in [-0.4, -0.2) is 58.4 Å². The number of carbonyl (C=O) groups excluding carboxylic acids is 4. The first-order chi connectivity index (χ1) is 14.7. The Morgan fingerprint density at radius 3 is 2.48 bits per heavy atom. The van der Waals surface area contributed by atoms with E-state index in [2.05, 4.69) is 10.6 Å². The molecule has 1 saturated heterocycles. The Balaban J connectivity index is 2.04. The molecule has 1 unspecified atom stereocenters. The molecule has 10 nitrogen and oxygen atoms in total. The predicted molar refractivity (Wildman–Crippen MR) is 109 cm³/mol. The summed E-state index contributed by atoms with van der Waals surface area (Å²) in [6.07, 6.45) is -0.562. The van der Waals surface area contributed by atoms with Gasteiger partial charge in [0, 0.05) is 6.42 Å². The van der Waals surface area contributed by atoms with Crippen LogP contribution in [0.2, 0.25) is 0 Å². The van der Waals surface area contributed by atoms with E-state index in [0.717, 1.165) is 10.5 Å². The standard InChI is InChI=1S/C21H27N3O7/c1-13(2)10-15(19(28)22-11-18(26)27)23-20(29)16-8-9-17(25)24(16)21(30)31-12-14-6-4-3-5-7-14/h3-7,13,15-16H,8-12H2,1-2H3,(H,22,28)(H,23,29)(H,26,27)/t15-,16?/m1/s1. The van der Waals surface area contributed by atoms with Crippen molar-refractivity contribution in [2.45, 2.75) is 51.8 Å². The van der Waals surface area contributed by atoms with Crippen molar-refractivity contribution in [2.24, 2.45) is 5.92 Å². The Morgan fingerprint density at radius 1 is 1.19 bits per heavy atom. The molecule has 0 bridgehead atoms. The van der Waals surface area contributed by atoms with Crippen LogP contribution >= 0.6 is 0 Å². The summed E-state index contributed by atoms with van der Waals surface area (Å²) in [5, 5.41) is 13.5. The van der Waals surface area contributed by atoms with Gasteiger partial charge in [-0.05, 0) is 24.3 Å². The van der Waals surface area contributed by atoms with E-state index >= 15 is 0 Å². The third-order valence-electron chi connectivity index (χ3n) is 4.67. The highest BCUT2D eigenvalue weighted by Crippen LogP contribution is 2.21. The van der Waals surface area contributed by atoms with Crippen LogP contribution in [0.15, 0.2) is 30.3 Å². The van der Waals surface area contributed by atoms with E-state index in [1.54, 1.807) is 24.3 Å². The van der Waals surface area contributed by atoms with Gasteiger partial charge in [0.1, 0.15) is 25.2 Å². The van der Waals surface area contributed by atoms with Crippen LogP contribution in [0.3, 0.4) is 0 Å². The minimum Gasteiger partial charge on any atom is -0.480 e. The van der Waals surface area contributed by atoms with Gasteiger partial charge in [0.2, 0.25) is 17.7 Å². The zero-order chi connectivity index (χ0) is 23.0. The first-order valence-electron chi connectivity index (χ1n) is 10.0. The number of ether oxygens (including phenoxy) is 1. The summed E-state index contributed by atoms with van der Waals surface area (Å²) in [5.74, 6) is -3.03. The van der Waals surface area contributed by atoms with E-state index in [9.17, 15) is 24.0 Å². The van der Waals surface area contributed by atoms with Crippen molar-refractivity contribution >= 4 is 29.8 Å². The average Bonchev–Trinajstić information content (AvgIpc) is 3.11. The number of carboxylic acid groups (broad SMARTS) is 1. The summed E-state index contributed by atoms with van der Waals surface area (Å²) in [5.41, 5.74) is 0.732. The largest absolute Gasteiger partial charge is 0.480 e. The van der Waals surface area contributed by atoms with E-state index in [1.165, 1.54) is 0 Å². The number of nitrogens with zero attached hydrogens (tertiary/aromatic N) is 1. The molecule has 3 N–H and O–H groups in total. The molecule has 0 aliphatic carbocycles.